The van der Waals surface area contributed by atoms with Crippen molar-refractivity contribution < 1.29 is 19.1 Å². The van der Waals surface area contributed by atoms with Crippen LogP contribution in [-0.2, 0) is 20.8 Å². The molecular formula is C22H32N2O4. The number of nitrogens with zero attached hydrogens (tertiary/aromatic N) is 1. The fourth-order valence-electron chi connectivity index (χ4n) is 4.13. The fourth-order valence-corrected chi connectivity index (χ4v) is 4.13. The number of hydrogen-bond donors (Lipinski definition) is 1. The van der Waals surface area contributed by atoms with Crippen LogP contribution >= 0.6 is 0 Å². The number of benzene rings is 1. The number of likely N-dealkylation sites (tertiary alicyclic amines) is 1. The summed E-state index contributed by atoms with van der Waals surface area (Å²) in [4.78, 5) is 27.3. The Morgan fingerprint density at radius 3 is 2.43 bits per heavy atom. The summed E-state index contributed by atoms with van der Waals surface area (Å²) in [5.41, 5.74) is 0.302. The molecule has 1 saturated carbocycles. The molecule has 1 saturated heterocycles. The molecule has 1 aromatic carbocycles. The van der Waals surface area contributed by atoms with E-state index >= 15 is 0 Å². The predicted molar refractivity (Wildman–Crippen MR) is 107 cm³/mol. The summed E-state index contributed by atoms with van der Waals surface area (Å²) in [5, 5.41) is 3.08. The molecule has 0 aromatic heterocycles. The van der Waals surface area contributed by atoms with Gasteiger partial charge in [0.2, 0.25) is 0 Å². The SMILES string of the molecule is CCOC(=O)C1CN(Cc2ccccc2)CC1C1(NC(=O)OC(C)(C)C)CC1. The van der Waals surface area contributed by atoms with Crippen LogP contribution in [0.25, 0.3) is 0 Å². The van der Waals surface area contributed by atoms with Crippen molar-refractivity contribution in [3.8, 4) is 0 Å². The summed E-state index contributed by atoms with van der Waals surface area (Å²) in [6, 6.07) is 10.2. The second-order valence-electron chi connectivity index (χ2n) is 8.93. The molecule has 6 nitrogen and oxygen atoms in total. The van der Waals surface area contributed by atoms with Gasteiger partial charge in [-0.2, -0.15) is 0 Å². The van der Waals surface area contributed by atoms with Crippen LogP contribution in [0.4, 0.5) is 4.79 Å². The summed E-state index contributed by atoms with van der Waals surface area (Å²) in [5.74, 6) is -0.371. The van der Waals surface area contributed by atoms with Crippen molar-refractivity contribution in [3.63, 3.8) is 0 Å². The smallest absolute Gasteiger partial charge is 0.408 e. The number of hydrogen-bond acceptors (Lipinski definition) is 5. The minimum atomic E-state index is -0.546. The maximum absolute atomic E-state index is 12.6. The second-order valence-corrected chi connectivity index (χ2v) is 8.93. The highest BCUT2D eigenvalue weighted by Crippen LogP contribution is 2.49. The molecule has 1 aromatic rings. The summed E-state index contributed by atoms with van der Waals surface area (Å²) in [6.45, 7) is 9.95. The number of esters is 1. The molecule has 2 fully saturated rings. The van der Waals surface area contributed by atoms with Crippen LogP contribution in [0.5, 0.6) is 0 Å². The molecule has 2 aliphatic rings. The highest BCUT2D eigenvalue weighted by molar-refractivity contribution is 5.75. The minimum Gasteiger partial charge on any atom is -0.466 e. The highest BCUT2D eigenvalue weighted by atomic mass is 16.6. The molecule has 1 amide bonds. The van der Waals surface area contributed by atoms with Gasteiger partial charge in [0, 0.05) is 31.1 Å². The molecule has 2 unspecified atom stereocenters. The Balaban J connectivity index is 1.72. The minimum absolute atomic E-state index is 0.0304. The first-order valence-corrected chi connectivity index (χ1v) is 10.2. The van der Waals surface area contributed by atoms with Gasteiger partial charge in [0.15, 0.2) is 0 Å². The molecular weight excluding hydrogens is 356 g/mol. The number of nitrogens with one attached hydrogen (secondary N) is 1. The van der Waals surface area contributed by atoms with E-state index in [0.717, 1.165) is 25.9 Å². The summed E-state index contributed by atoms with van der Waals surface area (Å²) >= 11 is 0. The van der Waals surface area contributed by atoms with Crippen molar-refractivity contribution in [2.75, 3.05) is 19.7 Å². The van der Waals surface area contributed by atoms with E-state index in [-0.39, 0.29) is 23.3 Å². The standard InChI is InChI=1S/C22H32N2O4/c1-5-27-19(25)17-14-24(13-16-9-7-6-8-10-16)15-18(17)22(11-12-22)23-20(26)28-21(2,3)4/h6-10,17-18H,5,11-15H2,1-4H3,(H,23,26). The summed E-state index contributed by atoms with van der Waals surface area (Å²) < 4.78 is 10.8. The Bertz CT molecular complexity index is 694. The van der Waals surface area contributed by atoms with Gasteiger partial charge in [-0.05, 0) is 46.1 Å². The van der Waals surface area contributed by atoms with Crippen LogP contribution in [0.1, 0.15) is 46.1 Å². The van der Waals surface area contributed by atoms with Gasteiger partial charge in [0.05, 0.1) is 12.5 Å². The third-order valence-electron chi connectivity index (χ3n) is 5.48. The third-order valence-corrected chi connectivity index (χ3v) is 5.48. The summed E-state index contributed by atoms with van der Waals surface area (Å²) in [6.07, 6.45) is 1.33. The Kier molecular flexibility index (Phi) is 5.98. The average Bonchev–Trinajstić information content (AvgIpc) is 3.24. The normalized spacial score (nSPS) is 23.9. The average molecular weight is 389 g/mol. The van der Waals surface area contributed by atoms with E-state index in [1.54, 1.807) is 0 Å². The van der Waals surface area contributed by atoms with Crippen molar-refractivity contribution >= 4 is 12.1 Å². The lowest BCUT2D eigenvalue weighted by molar-refractivity contribution is -0.149. The van der Waals surface area contributed by atoms with E-state index in [1.807, 2.05) is 45.9 Å². The van der Waals surface area contributed by atoms with Gasteiger partial charge in [-0.3, -0.25) is 9.69 Å². The van der Waals surface area contributed by atoms with E-state index in [9.17, 15) is 9.59 Å². The lowest BCUT2D eigenvalue weighted by atomic mass is 9.87. The highest BCUT2D eigenvalue weighted by Gasteiger charge is 2.58. The zero-order valence-corrected chi connectivity index (χ0v) is 17.4. The number of carbonyl (C=O) groups is 2. The number of alkyl carbamates (subject to hydrolysis) is 1. The van der Waals surface area contributed by atoms with Gasteiger partial charge in [-0.25, -0.2) is 4.79 Å². The van der Waals surface area contributed by atoms with Gasteiger partial charge >= 0.3 is 12.1 Å². The van der Waals surface area contributed by atoms with Crippen molar-refractivity contribution in [2.24, 2.45) is 11.8 Å². The molecule has 2 atom stereocenters. The molecule has 6 heteroatoms. The Morgan fingerprint density at radius 2 is 1.86 bits per heavy atom. The molecule has 0 radical (unpaired) electrons. The van der Waals surface area contributed by atoms with E-state index in [0.29, 0.717) is 13.2 Å². The molecule has 28 heavy (non-hydrogen) atoms. The first-order chi connectivity index (χ1) is 13.2. The third kappa shape index (κ3) is 5.04. The molecule has 0 bridgehead atoms. The zero-order chi connectivity index (χ0) is 20.4. The van der Waals surface area contributed by atoms with Gasteiger partial charge in [0.1, 0.15) is 5.60 Å². The molecule has 154 valence electrons. The van der Waals surface area contributed by atoms with E-state index in [1.165, 1.54) is 5.56 Å². The van der Waals surface area contributed by atoms with Gasteiger partial charge in [-0.1, -0.05) is 30.3 Å². The first kappa shape index (κ1) is 20.6. The number of amides is 1. The topological polar surface area (TPSA) is 67.9 Å². The van der Waals surface area contributed by atoms with Gasteiger partial charge in [0.25, 0.3) is 0 Å². The Morgan fingerprint density at radius 1 is 1.18 bits per heavy atom. The molecule has 1 aliphatic heterocycles. The molecule has 1 N–H and O–H groups in total. The predicted octanol–water partition coefficient (Wildman–Crippen LogP) is 3.36. The van der Waals surface area contributed by atoms with Crippen LogP contribution in [-0.4, -0.2) is 47.8 Å². The van der Waals surface area contributed by atoms with Crippen LogP contribution < -0.4 is 5.32 Å². The monoisotopic (exact) mass is 388 g/mol. The van der Waals surface area contributed by atoms with Crippen LogP contribution in [0.3, 0.4) is 0 Å². The molecule has 1 heterocycles. The van der Waals surface area contributed by atoms with Crippen LogP contribution in [0.2, 0.25) is 0 Å². The van der Waals surface area contributed by atoms with Crippen LogP contribution in [0.15, 0.2) is 30.3 Å². The van der Waals surface area contributed by atoms with Crippen LogP contribution in [0, 0.1) is 11.8 Å². The maximum Gasteiger partial charge on any atom is 0.408 e. The molecule has 0 spiro atoms. The van der Waals surface area contributed by atoms with Gasteiger partial charge in [-0.15, -0.1) is 0 Å². The largest absolute Gasteiger partial charge is 0.466 e. The quantitative estimate of drug-likeness (QED) is 0.757. The van der Waals surface area contributed by atoms with E-state index < -0.39 is 11.7 Å². The molecule has 1 aliphatic carbocycles. The van der Waals surface area contributed by atoms with E-state index in [4.69, 9.17) is 9.47 Å². The fraction of sp³-hybridized carbons (Fsp3) is 0.636. The lowest BCUT2D eigenvalue weighted by Gasteiger charge is -2.29. The van der Waals surface area contributed by atoms with E-state index in [2.05, 4.69) is 22.3 Å². The summed E-state index contributed by atoms with van der Waals surface area (Å²) in [7, 11) is 0. The lowest BCUT2D eigenvalue weighted by Crippen LogP contribution is -2.48. The second kappa shape index (κ2) is 8.11. The van der Waals surface area contributed by atoms with Crippen molar-refractivity contribution in [3.05, 3.63) is 35.9 Å². The number of carbonyl (C=O) groups excluding carboxylic acids is 2. The Hall–Kier alpha value is -2.08. The zero-order valence-electron chi connectivity index (χ0n) is 17.4. The van der Waals surface area contributed by atoms with Crippen molar-refractivity contribution in [2.45, 2.75) is 58.2 Å². The number of rotatable bonds is 6. The number of ether oxygens (including phenoxy) is 2. The Labute approximate surface area is 167 Å². The molecule has 3 rings (SSSR count). The first-order valence-electron chi connectivity index (χ1n) is 10.2. The van der Waals surface area contributed by atoms with Crippen molar-refractivity contribution in [1.29, 1.82) is 0 Å². The van der Waals surface area contributed by atoms with Gasteiger partial charge < -0.3 is 14.8 Å². The van der Waals surface area contributed by atoms with Crippen molar-refractivity contribution in [1.82, 2.24) is 10.2 Å². The maximum atomic E-state index is 12.6.